The Balaban J connectivity index is 2.47. The van der Waals surface area contributed by atoms with Gasteiger partial charge in [0.1, 0.15) is 5.75 Å². The lowest BCUT2D eigenvalue weighted by Gasteiger charge is -2.23. The fraction of sp³-hybridized carbons (Fsp3) is 0.500. The van der Waals surface area contributed by atoms with Crippen LogP contribution >= 0.6 is 0 Å². The topological polar surface area (TPSA) is 70.7 Å². The highest BCUT2D eigenvalue weighted by molar-refractivity contribution is 5.92. The summed E-state index contributed by atoms with van der Waals surface area (Å²) in [6.07, 6.45) is 0.889. The number of ether oxygens (including phenoxy) is 1. The van der Waals surface area contributed by atoms with Gasteiger partial charge >= 0.3 is 0 Å². The van der Waals surface area contributed by atoms with Crippen LogP contribution in [0.2, 0.25) is 0 Å². The number of anilines is 1. The normalized spacial score (nSPS) is 11.9. The summed E-state index contributed by atoms with van der Waals surface area (Å²) in [6, 6.07) is 6.75. The van der Waals surface area contributed by atoms with E-state index < -0.39 is 0 Å². The van der Waals surface area contributed by atoms with Gasteiger partial charge in [-0.05, 0) is 44.7 Å². The molecular weight excluding hydrogens is 282 g/mol. The zero-order chi connectivity index (χ0) is 16.5. The molecule has 0 saturated carbocycles. The highest BCUT2D eigenvalue weighted by Gasteiger charge is 2.19. The molecule has 0 aliphatic carbocycles. The van der Waals surface area contributed by atoms with Crippen molar-refractivity contribution in [1.82, 2.24) is 10.2 Å². The Morgan fingerprint density at radius 1 is 1.27 bits per heavy atom. The predicted octanol–water partition coefficient (Wildman–Crippen LogP) is 1.48. The van der Waals surface area contributed by atoms with E-state index in [1.165, 1.54) is 0 Å². The molecule has 0 aliphatic heterocycles. The molecule has 6 nitrogen and oxygen atoms in total. The van der Waals surface area contributed by atoms with Crippen molar-refractivity contribution < 1.29 is 14.3 Å². The monoisotopic (exact) mass is 307 g/mol. The van der Waals surface area contributed by atoms with Crippen LogP contribution in [0.4, 0.5) is 5.69 Å². The SMILES string of the molecule is CCCNC(=O)[C@H](C)N(C)CC(=O)Nc1ccc(OC)cc1. The number of hydrogen-bond donors (Lipinski definition) is 2. The maximum atomic E-state index is 12.0. The Kier molecular flexibility index (Phi) is 7.39. The van der Waals surface area contributed by atoms with Gasteiger partial charge in [-0.2, -0.15) is 0 Å². The summed E-state index contributed by atoms with van der Waals surface area (Å²) in [4.78, 5) is 25.6. The molecule has 1 rings (SSSR count). The van der Waals surface area contributed by atoms with Crippen LogP contribution in [-0.2, 0) is 9.59 Å². The third-order valence-electron chi connectivity index (χ3n) is 3.36. The molecule has 1 aromatic carbocycles. The quantitative estimate of drug-likeness (QED) is 0.763. The number of carbonyl (C=O) groups excluding carboxylic acids is 2. The molecule has 122 valence electrons. The number of rotatable bonds is 8. The first-order valence-corrected chi connectivity index (χ1v) is 7.39. The van der Waals surface area contributed by atoms with Crippen LogP contribution in [0.1, 0.15) is 20.3 Å². The number of hydrogen-bond acceptors (Lipinski definition) is 4. The van der Waals surface area contributed by atoms with Crippen LogP contribution in [-0.4, -0.2) is 50.0 Å². The van der Waals surface area contributed by atoms with Gasteiger partial charge in [-0.3, -0.25) is 14.5 Å². The first-order valence-electron chi connectivity index (χ1n) is 7.39. The summed E-state index contributed by atoms with van der Waals surface area (Å²) in [6.45, 7) is 4.57. The van der Waals surface area contributed by atoms with E-state index in [1.807, 2.05) is 6.92 Å². The van der Waals surface area contributed by atoms with Crippen molar-refractivity contribution in [1.29, 1.82) is 0 Å². The largest absolute Gasteiger partial charge is 0.497 e. The third kappa shape index (κ3) is 5.73. The zero-order valence-corrected chi connectivity index (χ0v) is 13.7. The maximum Gasteiger partial charge on any atom is 0.238 e. The minimum Gasteiger partial charge on any atom is -0.497 e. The fourth-order valence-electron chi connectivity index (χ4n) is 1.83. The second-order valence-corrected chi connectivity index (χ2v) is 5.16. The summed E-state index contributed by atoms with van der Waals surface area (Å²) < 4.78 is 5.06. The summed E-state index contributed by atoms with van der Waals surface area (Å²) >= 11 is 0. The van der Waals surface area contributed by atoms with Crippen molar-refractivity contribution in [3.63, 3.8) is 0 Å². The third-order valence-corrected chi connectivity index (χ3v) is 3.36. The lowest BCUT2D eigenvalue weighted by molar-refractivity contribution is -0.126. The number of methoxy groups -OCH3 is 1. The maximum absolute atomic E-state index is 12.0. The van der Waals surface area contributed by atoms with Crippen LogP contribution < -0.4 is 15.4 Å². The second kappa shape index (κ2) is 9.04. The summed E-state index contributed by atoms with van der Waals surface area (Å²) in [5, 5.41) is 5.62. The van der Waals surface area contributed by atoms with E-state index in [-0.39, 0.29) is 24.4 Å². The number of benzene rings is 1. The first-order chi connectivity index (χ1) is 10.5. The van der Waals surface area contributed by atoms with Gasteiger partial charge < -0.3 is 15.4 Å². The van der Waals surface area contributed by atoms with Gasteiger partial charge in [-0.1, -0.05) is 6.92 Å². The van der Waals surface area contributed by atoms with Gasteiger partial charge in [0.25, 0.3) is 0 Å². The van der Waals surface area contributed by atoms with Crippen LogP contribution in [0, 0.1) is 0 Å². The number of nitrogens with zero attached hydrogens (tertiary/aromatic N) is 1. The number of amides is 2. The molecule has 1 atom stereocenters. The van der Waals surface area contributed by atoms with Gasteiger partial charge in [0, 0.05) is 12.2 Å². The van der Waals surface area contributed by atoms with Crippen molar-refractivity contribution in [2.45, 2.75) is 26.3 Å². The van der Waals surface area contributed by atoms with Crippen LogP contribution in [0.5, 0.6) is 5.75 Å². The van der Waals surface area contributed by atoms with E-state index >= 15 is 0 Å². The van der Waals surface area contributed by atoms with Crippen LogP contribution in [0.25, 0.3) is 0 Å². The molecule has 2 N–H and O–H groups in total. The Morgan fingerprint density at radius 3 is 2.45 bits per heavy atom. The molecule has 0 heterocycles. The molecule has 0 fully saturated rings. The van der Waals surface area contributed by atoms with Crippen LogP contribution in [0.15, 0.2) is 24.3 Å². The molecule has 0 bridgehead atoms. The van der Waals surface area contributed by atoms with Crippen molar-refractivity contribution in [2.75, 3.05) is 32.6 Å². The molecule has 2 amide bonds. The van der Waals surface area contributed by atoms with Gasteiger partial charge in [0.2, 0.25) is 11.8 Å². The number of nitrogens with one attached hydrogen (secondary N) is 2. The minimum atomic E-state index is -0.354. The molecule has 22 heavy (non-hydrogen) atoms. The molecule has 0 radical (unpaired) electrons. The lowest BCUT2D eigenvalue weighted by atomic mass is 10.2. The minimum absolute atomic E-state index is 0.0680. The highest BCUT2D eigenvalue weighted by atomic mass is 16.5. The lowest BCUT2D eigenvalue weighted by Crippen LogP contribution is -2.46. The number of likely N-dealkylation sites (N-methyl/N-ethyl adjacent to an activating group) is 1. The Hall–Kier alpha value is -2.08. The van der Waals surface area contributed by atoms with Crippen molar-refractivity contribution in [2.24, 2.45) is 0 Å². The molecule has 0 unspecified atom stereocenters. The molecular formula is C16H25N3O3. The van der Waals surface area contributed by atoms with Gasteiger partial charge in [-0.25, -0.2) is 0 Å². The fourth-order valence-corrected chi connectivity index (χ4v) is 1.83. The van der Waals surface area contributed by atoms with Gasteiger partial charge in [0.05, 0.1) is 19.7 Å². The van der Waals surface area contributed by atoms with Gasteiger partial charge in [0.15, 0.2) is 0 Å². The average molecular weight is 307 g/mol. The first kappa shape index (κ1) is 18.0. The standard InChI is InChI=1S/C16H25N3O3/c1-5-10-17-16(21)12(2)19(3)11-15(20)18-13-6-8-14(22-4)9-7-13/h6-9,12H,5,10-11H2,1-4H3,(H,17,21)(H,18,20)/t12-/m0/s1. The molecule has 0 saturated heterocycles. The summed E-state index contributed by atoms with van der Waals surface area (Å²) in [5.41, 5.74) is 0.697. The van der Waals surface area contributed by atoms with E-state index in [4.69, 9.17) is 4.74 Å². The Labute approximate surface area is 131 Å². The molecule has 0 aliphatic rings. The molecule has 6 heteroatoms. The van der Waals surface area contributed by atoms with E-state index in [9.17, 15) is 9.59 Å². The van der Waals surface area contributed by atoms with Crippen molar-refractivity contribution >= 4 is 17.5 Å². The molecule has 0 aromatic heterocycles. The second-order valence-electron chi connectivity index (χ2n) is 5.16. The summed E-state index contributed by atoms with van der Waals surface area (Å²) in [5.74, 6) is 0.501. The van der Waals surface area contributed by atoms with Crippen molar-refractivity contribution in [3.05, 3.63) is 24.3 Å². The highest BCUT2D eigenvalue weighted by Crippen LogP contribution is 2.14. The summed E-state index contributed by atoms with van der Waals surface area (Å²) in [7, 11) is 3.34. The Bertz CT molecular complexity index is 488. The number of carbonyl (C=O) groups is 2. The molecule has 0 spiro atoms. The predicted molar refractivity (Wildman–Crippen MR) is 87.0 cm³/mol. The van der Waals surface area contributed by atoms with Gasteiger partial charge in [-0.15, -0.1) is 0 Å². The van der Waals surface area contributed by atoms with E-state index in [0.717, 1.165) is 12.2 Å². The van der Waals surface area contributed by atoms with E-state index in [0.29, 0.717) is 12.2 Å². The van der Waals surface area contributed by atoms with Crippen molar-refractivity contribution in [3.8, 4) is 5.75 Å². The van der Waals surface area contributed by atoms with E-state index in [2.05, 4.69) is 10.6 Å². The average Bonchev–Trinajstić information content (AvgIpc) is 2.52. The smallest absolute Gasteiger partial charge is 0.238 e. The zero-order valence-electron chi connectivity index (χ0n) is 13.7. The van der Waals surface area contributed by atoms with Crippen LogP contribution in [0.3, 0.4) is 0 Å². The van der Waals surface area contributed by atoms with E-state index in [1.54, 1.807) is 50.2 Å². The Morgan fingerprint density at radius 2 is 1.91 bits per heavy atom. The molecule has 1 aromatic rings.